The van der Waals surface area contributed by atoms with Crippen LogP contribution >= 0.6 is 34.2 Å². The molecule has 0 aliphatic heterocycles. The molecule has 20 heavy (non-hydrogen) atoms. The molecule has 0 atom stereocenters. The van der Waals surface area contributed by atoms with E-state index in [-0.39, 0.29) is 0 Å². The number of nitrogens with zero attached hydrogens (tertiary/aromatic N) is 2. The van der Waals surface area contributed by atoms with E-state index < -0.39 is 0 Å². The molecule has 0 fully saturated rings. The summed E-state index contributed by atoms with van der Waals surface area (Å²) in [6.07, 6.45) is 0.765. The highest BCUT2D eigenvalue weighted by molar-refractivity contribution is 14.1. The van der Waals surface area contributed by atoms with Crippen LogP contribution in [0.2, 0.25) is 0 Å². The maximum absolute atomic E-state index is 5.94. The molecule has 0 amide bonds. The monoisotopic (exact) mass is 396 g/mol. The minimum Gasteiger partial charge on any atom is -0.296 e. The largest absolute Gasteiger partial charge is 0.296 e. The average molecular weight is 397 g/mol. The van der Waals surface area contributed by atoms with Gasteiger partial charge in [-0.2, -0.15) is 0 Å². The number of imidazole rings is 1. The van der Waals surface area contributed by atoms with Crippen LogP contribution in [0.5, 0.6) is 0 Å². The Morgan fingerprint density at radius 3 is 2.75 bits per heavy atom. The number of hydrogen-bond acceptors (Lipinski definition) is 1. The number of alkyl halides is 1. The summed E-state index contributed by atoms with van der Waals surface area (Å²) in [6.45, 7) is 2.12. The van der Waals surface area contributed by atoms with Crippen LogP contribution in [-0.4, -0.2) is 15.4 Å². The summed E-state index contributed by atoms with van der Waals surface area (Å²) in [6, 6.07) is 14.7. The number of rotatable bonds is 3. The first-order chi connectivity index (χ1) is 9.70. The van der Waals surface area contributed by atoms with Crippen molar-refractivity contribution in [2.24, 2.45) is 0 Å². The quantitative estimate of drug-likeness (QED) is 0.463. The van der Waals surface area contributed by atoms with Crippen molar-refractivity contribution in [2.45, 2.75) is 13.3 Å². The average Bonchev–Trinajstić information content (AvgIpc) is 2.77. The summed E-state index contributed by atoms with van der Waals surface area (Å²) >= 11 is 8.26. The maximum Gasteiger partial charge on any atom is 0.115 e. The lowest BCUT2D eigenvalue weighted by atomic mass is 10.2. The third-order valence-electron chi connectivity index (χ3n) is 3.36. The van der Waals surface area contributed by atoms with Gasteiger partial charge in [0, 0.05) is 15.9 Å². The third kappa shape index (κ3) is 2.44. The highest BCUT2D eigenvalue weighted by atomic mass is 127. The first-order valence-corrected chi connectivity index (χ1v) is 8.11. The van der Waals surface area contributed by atoms with E-state index in [4.69, 9.17) is 16.6 Å². The number of benzene rings is 2. The van der Waals surface area contributed by atoms with Gasteiger partial charge in [0.05, 0.1) is 16.7 Å². The van der Waals surface area contributed by atoms with E-state index in [1.807, 2.05) is 0 Å². The van der Waals surface area contributed by atoms with E-state index in [0.29, 0.717) is 5.88 Å². The van der Waals surface area contributed by atoms with Crippen molar-refractivity contribution in [3.05, 3.63) is 57.4 Å². The second-order valence-electron chi connectivity index (χ2n) is 4.72. The van der Waals surface area contributed by atoms with E-state index >= 15 is 0 Å². The third-order valence-corrected chi connectivity index (χ3v) is 4.22. The summed E-state index contributed by atoms with van der Waals surface area (Å²) in [5.41, 5.74) is 4.58. The molecule has 0 unspecified atom stereocenters. The van der Waals surface area contributed by atoms with Gasteiger partial charge in [-0.05, 0) is 59.3 Å². The Morgan fingerprint density at radius 2 is 2.00 bits per heavy atom. The molecular weight excluding hydrogens is 383 g/mol. The van der Waals surface area contributed by atoms with Gasteiger partial charge in [-0.3, -0.25) is 4.57 Å². The fourth-order valence-electron chi connectivity index (χ4n) is 2.44. The second kappa shape index (κ2) is 5.74. The van der Waals surface area contributed by atoms with Crippen molar-refractivity contribution < 1.29 is 0 Å². The van der Waals surface area contributed by atoms with Crippen molar-refractivity contribution in [3.63, 3.8) is 0 Å². The molecule has 3 aromatic rings. The molecule has 2 aromatic carbocycles. The minimum atomic E-state index is 0.576. The number of aryl methyl sites for hydroxylation is 2. The molecule has 0 bridgehead atoms. The molecule has 4 heteroatoms. The lowest BCUT2D eigenvalue weighted by Gasteiger charge is -2.11. The second-order valence-corrected chi connectivity index (χ2v) is 6.35. The summed E-state index contributed by atoms with van der Waals surface area (Å²) in [5.74, 6) is 1.60. The van der Waals surface area contributed by atoms with Crippen LogP contribution in [0.4, 0.5) is 0 Å². The van der Waals surface area contributed by atoms with E-state index in [9.17, 15) is 0 Å². The van der Waals surface area contributed by atoms with Gasteiger partial charge >= 0.3 is 0 Å². The number of halogens is 2. The van der Waals surface area contributed by atoms with E-state index in [2.05, 4.69) is 76.5 Å². The minimum absolute atomic E-state index is 0.576. The van der Waals surface area contributed by atoms with Crippen molar-refractivity contribution in [3.8, 4) is 5.69 Å². The summed E-state index contributed by atoms with van der Waals surface area (Å²) in [5, 5.41) is 0. The van der Waals surface area contributed by atoms with E-state index in [0.717, 1.165) is 23.3 Å². The van der Waals surface area contributed by atoms with Gasteiger partial charge in [0.2, 0.25) is 0 Å². The van der Waals surface area contributed by atoms with Gasteiger partial charge in [0.1, 0.15) is 5.82 Å². The van der Waals surface area contributed by atoms with E-state index in [1.54, 1.807) is 0 Å². The zero-order chi connectivity index (χ0) is 14.1. The van der Waals surface area contributed by atoms with Crippen LogP contribution in [0.25, 0.3) is 16.7 Å². The number of fused-ring (bicyclic) bond motifs is 1. The lowest BCUT2D eigenvalue weighted by Crippen LogP contribution is -2.03. The van der Waals surface area contributed by atoms with Crippen molar-refractivity contribution >= 4 is 45.2 Å². The molecule has 102 valence electrons. The van der Waals surface area contributed by atoms with Gasteiger partial charge in [-0.15, -0.1) is 11.6 Å². The smallest absolute Gasteiger partial charge is 0.115 e. The molecule has 0 radical (unpaired) electrons. The molecule has 1 heterocycles. The fourth-order valence-corrected chi connectivity index (χ4v) is 3.08. The first kappa shape index (κ1) is 13.9. The van der Waals surface area contributed by atoms with Crippen molar-refractivity contribution in [2.75, 3.05) is 5.88 Å². The van der Waals surface area contributed by atoms with Gasteiger partial charge in [0.15, 0.2) is 0 Å². The topological polar surface area (TPSA) is 17.8 Å². The molecule has 3 rings (SSSR count). The molecule has 0 N–H and O–H groups in total. The number of para-hydroxylation sites is 1. The van der Waals surface area contributed by atoms with E-state index in [1.165, 1.54) is 14.8 Å². The number of aromatic nitrogens is 2. The Kier molecular flexibility index (Phi) is 3.98. The Balaban J connectivity index is 2.32. The normalized spacial score (nSPS) is 11.2. The summed E-state index contributed by atoms with van der Waals surface area (Å²) < 4.78 is 3.42. The molecule has 2 nitrogen and oxygen atoms in total. The van der Waals surface area contributed by atoms with Crippen LogP contribution in [0.1, 0.15) is 11.4 Å². The Labute approximate surface area is 136 Å². The molecule has 0 aliphatic rings. The predicted octanol–water partition coefficient (Wildman–Crippen LogP) is 4.72. The van der Waals surface area contributed by atoms with Gasteiger partial charge in [-0.1, -0.05) is 18.2 Å². The standard InChI is InChI=1S/C16H14ClIN2/c1-11-4-2-3-5-14(11)20-15-7-6-12(18)10-13(15)19-16(20)8-9-17/h2-7,10H,8-9H2,1H3. The molecule has 0 aliphatic carbocycles. The first-order valence-electron chi connectivity index (χ1n) is 6.49. The molecule has 0 saturated carbocycles. The number of hydrogen-bond donors (Lipinski definition) is 0. The van der Waals surface area contributed by atoms with Crippen LogP contribution in [0.3, 0.4) is 0 Å². The fraction of sp³-hybridized carbons (Fsp3) is 0.188. The van der Waals surface area contributed by atoms with Crippen LogP contribution < -0.4 is 0 Å². The van der Waals surface area contributed by atoms with Crippen molar-refractivity contribution in [1.29, 1.82) is 0 Å². The van der Waals surface area contributed by atoms with Crippen molar-refractivity contribution in [1.82, 2.24) is 9.55 Å². The zero-order valence-corrected chi connectivity index (χ0v) is 14.0. The molecule has 1 aromatic heterocycles. The van der Waals surface area contributed by atoms with Crippen LogP contribution in [0.15, 0.2) is 42.5 Å². The Bertz CT molecular complexity index is 764. The Morgan fingerprint density at radius 1 is 1.20 bits per heavy atom. The molecule has 0 saturated heterocycles. The lowest BCUT2D eigenvalue weighted by molar-refractivity contribution is 0.907. The van der Waals surface area contributed by atoms with Crippen LogP contribution in [0, 0.1) is 10.5 Å². The predicted molar refractivity (Wildman–Crippen MR) is 92.9 cm³/mol. The highest BCUT2D eigenvalue weighted by Gasteiger charge is 2.13. The van der Waals surface area contributed by atoms with Crippen LogP contribution in [-0.2, 0) is 6.42 Å². The van der Waals surface area contributed by atoms with Gasteiger partial charge in [0.25, 0.3) is 0 Å². The highest BCUT2D eigenvalue weighted by Crippen LogP contribution is 2.25. The maximum atomic E-state index is 5.94. The Hall–Kier alpha value is -1.07. The molecule has 0 spiro atoms. The van der Waals surface area contributed by atoms with Gasteiger partial charge < -0.3 is 0 Å². The summed E-state index contributed by atoms with van der Waals surface area (Å²) in [4.78, 5) is 4.75. The van der Waals surface area contributed by atoms with Gasteiger partial charge in [-0.25, -0.2) is 4.98 Å². The SMILES string of the molecule is Cc1ccccc1-n1c(CCCl)nc2cc(I)ccc21. The summed E-state index contributed by atoms with van der Waals surface area (Å²) in [7, 11) is 0. The zero-order valence-electron chi connectivity index (χ0n) is 11.1. The molecular formula is C16H14ClIN2.